The van der Waals surface area contributed by atoms with Crippen LogP contribution in [-0.2, 0) is 11.2 Å². The Labute approximate surface area is 113 Å². The number of aldehydes is 1. The summed E-state index contributed by atoms with van der Waals surface area (Å²) in [5.41, 5.74) is 1.77. The summed E-state index contributed by atoms with van der Waals surface area (Å²) in [5.74, 6) is 0.0781. The number of carbonyl (C=O) groups excluding carboxylic acids is 1. The molecular weight excluding hydrogens is 244 g/mol. The third kappa shape index (κ3) is 4.65. The lowest BCUT2D eigenvalue weighted by Gasteiger charge is -2.18. The van der Waals surface area contributed by atoms with E-state index < -0.39 is 6.10 Å². The molecule has 0 aliphatic rings. The summed E-state index contributed by atoms with van der Waals surface area (Å²) in [6.07, 6.45) is 2.16. The SMILES string of the molecule is CCc1ccc(C(CC=O)CCC(O)CO)c(O)c1. The second-order valence-electron chi connectivity index (χ2n) is 4.76. The summed E-state index contributed by atoms with van der Waals surface area (Å²) >= 11 is 0. The Morgan fingerprint density at radius 3 is 2.58 bits per heavy atom. The van der Waals surface area contributed by atoms with Crippen LogP contribution in [0.5, 0.6) is 5.75 Å². The van der Waals surface area contributed by atoms with Gasteiger partial charge in [-0.2, -0.15) is 0 Å². The van der Waals surface area contributed by atoms with E-state index in [0.717, 1.165) is 23.8 Å². The van der Waals surface area contributed by atoms with E-state index in [1.54, 1.807) is 6.07 Å². The number of benzene rings is 1. The minimum absolute atomic E-state index is 0.121. The third-order valence-electron chi connectivity index (χ3n) is 3.38. The lowest BCUT2D eigenvalue weighted by molar-refractivity contribution is -0.108. The summed E-state index contributed by atoms with van der Waals surface area (Å²) in [5, 5.41) is 28.2. The van der Waals surface area contributed by atoms with Crippen LogP contribution < -0.4 is 0 Å². The van der Waals surface area contributed by atoms with Crippen LogP contribution in [0.25, 0.3) is 0 Å². The molecule has 1 aromatic carbocycles. The minimum Gasteiger partial charge on any atom is -0.508 e. The molecule has 0 heterocycles. The van der Waals surface area contributed by atoms with Crippen LogP contribution in [0.1, 0.15) is 43.2 Å². The largest absolute Gasteiger partial charge is 0.508 e. The molecule has 4 heteroatoms. The number of phenolic OH excluding ortho intramolecular Hbond substituents is 1. The van der Waals surface area contributed by atoms with Gasteiger partial charge >= 0.3 is 0 Å². The number of hydrogen-bond donors (Lipinski definition) is 3. The molecule has 4 nitrogen and oxygen atoms in total. The smallest absolute Gasteiger partial charge is 0.120 e. The van der Waals surface area contributed by atoms with Crippen LogP contribution in [0.3, 0.4) is 0 Å². The monoisotopic (exact) mass is 266 g/mol. The van der Waals surface area contributed by atoms with Gasteiger partial charge in [-0.05, 0) is 42.4 Å². The van der Waals surface area contributed by atoms with Crippen molar-refractivity contribution in [3.63, 3.8) is 0 Å². The van der Waals surface area contributed by atoms with E-state index in [0.29, 0.717) is 19.3 Å². The maximum Gasteiger partial charge on any atom is 0.120 e. The molecule has 0 aromatic heterocycles. The summed E-state index contributed by atoms with van der Waals surface area (Å²) in [4.78, 5) is 10.7. The maximum atomic E-state index is 10.7. The Morgan fingerprint density at radius 2 is 2.05 bits per heavy atom. The standard InChI is InChI=1S/C15H22O4/c1-2-11-3-6-14(15(19)9-11)12(7-8-16)4-5-13(18)10-17/h3,6,8-9,12-13,17-19H,2,4-5,7,10H2,1H3. The van der Waals surface area contributed by atoms with Crippen LogP contribution in [-0.4, -0.2) is 34.3 Å². The van der Waals surface area contributed by atoms with Crippen molar-refractivity contribution in [3.05, 3.63) is 29.3 Å². The second-order valence-corrected chi connectivity index (χ2v) is 4.76. The Morgan fingerprint density at radius 1 is 1.32 bits per heavy atom. The number of hydrogen-bond acceptors (Lipinski definition) is 4. The highest BCUT2D eigenvalue weighted by molar-refractivity contribution is 5.53. The lowest BCUT2D eigenvalue weighted by Crippen LogP contribution is -2.13. The minimum atomic E-state index is -0.772. The highest BCUT2D eigenvalue weighted by Crippen LogP contribution is 2.32. The molecule has 0 aliphatic heterocycles. The first kappa shape index (κ1) is 15.7. The van der Waals surface area contributed by atoms with E-state index in [1.165, 1.54) is 0 Å². The fourth-order valence-corrected chi connectivity index (χ4v) is 2.16. The Hall–Kier alpha value is -1.39. The highest BCUT2D eigenvalue weighted by atomic mass is 16.3. The van der Waals surface area contributed by atoms with Crippen LogP contribution in [0.2, 0.25) is 0 Å². The third-order valence-corrected chi connectivity index (χ3v) is 3.38. The summed E-state index contributed by atoms with van der Waals surface area (Å²) in [7, 11) is 0. The highest BCUT2D eigenvalue weighted by Gasteiger charge is 2.17. The van der Waals surface area contributed by atoms with E-state index in [1.807, 2.05) is 19.1 Å². The van der Waals surface area contributed by atoms with E-state index >= 15 is 0 Å². The van der Waals surface area contributed by atoms with Gasteiger partial charge in [-0.25, -0.2) is 0 Å². The summed E-state index contributed by atoms with van der Waals surface area (Å²) < 4.78 is 0. The molecule has 2 unspecified atom stereocenters. The average molecular weight is 266 g/mol. The van der Waals surface area contributed by atoms with E-state index in [2.05, 4.69) is 0 Å². The van der Waals surface area contributed by atoms with Gasteiger partial charge in [-0.15, -0.1) is 0 Å². The number of aliphatic hydroxyl groups is 2. The molecule has 0 saturated heterocycles. The maximum absolute atomic E-state index is 10.7. The van der Waals surface area contributed by atoms with Gasteiger partial charge in [0.1, 0.15) is 12.0 Å². The van der Waals surface area contributed by atoms with Gasteiger partial charge in [0.2, 0.25) is 0 Å². The van der Waals surface area contributed by atoms with Crippen molar-refractivity contribution in [1.29, 1.82) is 0 Å². The fraction of sp³-hybridized carbons (Fsp3) is 0.533. The second kappa shape index (κ2) is 7.92. The number of aromatic hydroxyl groups is 1. The zero-order chi connectivity index (χ0) is 14.3. The van der Waals surface area contributed by atoms with Crippen molar-refractivity contribution in [3.8, 4) is 5.75 Å². The first-order valence-corrected chi connectivity index (χ1v) is 6.66. The molecule has 3 N–H and O–H groups in total. The summed E-state index contributed by atoms with van der Waals surface area (Å²) in [6, 6.07) is 5.50. The zero-order valence-electron chi connectivity index (χ0n) is 11.2. The van der Waals surface area contributed by atoms with Crippen LogP contribution >= 0.6 is 0 Å². The van der Waals surface area contributed by atoms with Gasteiger partial charge in [0.05, 0.1) is 12.7 Å². The Kier molecular flexibility index (Phi) is 6.53. The van der Waals surface area contributed by atoms with Crippen LogP contribution in [0, 0.1) is 0 Å². The van der Waals surface area contributed by atoms with Crippen molar-refractivity contribution in [2.24, 2.45) is 0 Å². The van der Waals surface area contributed by atoms with Crippen LogP contribution in [0.15, 0.2) is 18.2 Å². The predicted octanol–water partition coefficient (Wildman–Crippen LogP) is 1.76. The topological polar surface area (TPSA) is 77.8 Å². The Bertz CT molecular complexity index is 403. The number of aryl methyl sites for hydroxylation is 1. The molecule has 0 fully saturated rings. The molecule has 2 atom stereocenters. The van der Waals surface area contributed by atoms with Gasteiger partial charge in [0, 0.05) is 6.42 Å². The molecule has 106 valence electrons. The number of rotatable bonds is 8. The molecule has 0 spiro atoms. The number of phenols is 1. The molecular formula is C15H22O4. The van der Waals surface area contributed by atoms with E-state index in [9.17, 15) is 15.0 Å². The van der Waals surface area contributed by atoms with Gasteiger partial charge in [0.25, 0.3) is 0 Å². The molecule has 0 radical (unpaired) electrons. The quantitative estimate of drug-likeness (QED) is 0.627. The normalized spacial score (nSPS) is 14.1. The fourth-order valence-electron chi connectivity index (χ4n) is 2.16. The molecule has 0 bridgehead atoms. The molecule has 1 rings (SSSR count). The average Bonchev–Trinajstić information content (AvgIpc) is 2.43. The lowest BCUT2D eigenvalue weighted by atomic mass is 9.89. The first-order chi connectivity index (χ1) is 9.12. The molecule has 19 heavy (non-hydrogen) atoms. The first-order valence-electron chi connectivity index (χ1n) is 6.66. The predicted molar refractivity (Wildman–Crippen MR) is 73.2 cm³/mol. The van der Waals surface area contributed by atoms with Gasteiger partial charge in [-0.1, -0.05) is 19.1 Å². The number of aliphatic hydroxyl groups excluding tert-OH is 2. The van der Waals surface area contributed by atoms with Gasteiger partial charge in [-0.3, -0.25) is 0 Å². The van der Waals surface area contributed by atoms with Crippen molar-refractivity contribution in [2.75, 3.05) is 6.61 Å². The van der Waals surface area contributed by atoms with E-state index in [4.69, 9.17) is 5.11 Å². The molecule has 1 aromatic rings. The molecule has 0 aliphatic carbocycles. The van der Waals surface area contributed by atoms with Gasteiger partial charge < -0.3 is 20.1 Å². The van der Waals surface area contributed by atoms with Crippen molar-refractivity contribution >= 4 is 6.29 Å². The van der Waals surface area contributed by atoms with Gasteiger partial charge in [0.15, 0.2) is 0 Å². The van der Waals surface area contributed by atoms with Crippen molar-refractivity contribution < 1.29 is 20.1 Å². The molecule has 0 amide bonds. The number of carbonyl (C=O) groups is 1. The van der Waals surface area contributed by atoms with Crippen molar-refractivity contribution in [1.82, 2.24) is 0 Å². The molecule has 0 saturated carbocycles. The Balaban J connectivity index is 2.82. The summed E-state index contributed by atoms with van der Waals surface area (Å²) in [6.45, 7) is 1.73. The zero-order valence-corrected chi connectivity index (χ0v) is 11.2. The van der Waals surface area contributed by atoms with Crippen LogP contribution in [0.4, 0.5) is 0 Å². The van der Waals surface area contributed by atoms with Crippen molar-refractivity contribution in [2.45, 2.75) is 44.6 Å². The van der Waals surface area contributed by atoms with E-state index in [-0.39, 0.29) is 18.3 Å².